The number of allylic oxidation sites excluding steroid dienone is 1. The number of carbonyl (C=O) groups is 1. The Morgan fingerprint density at radius 1 is 0.913 bits per heavy atom. The second-order valence-corrected chi connectivity index (χ2v) is 10.5. The van der Waals surface area contributed by atoms with Gasteiger partial charge < -0.3 is 14.6 Å². The topological polar surface area (TPSA) is 115 Å². The number of nitrogens with zero attached hydrogens (tertiary/aromatic N) is 1. The lowest BCUT2D eigenvalue weighted by molar-refractivity contribution is -0.274. The number of carboxylic acids is 1. The quantitative estimate of drug-likeness (QED) is 0.137. The molecule has 8 nitrogen and oxygen atoms in total. The molecule has 0 spiro atoms. The number of ether oxygens (including phenoxy) is 2. The number of hydrogen-bond acceptors (Lipinski definition) is 6. The Hall–Kier alpha value is -5.58. The van der Waals surface area contributed by atoms with Gasteiger partial charge in [-0.1, -0.05) is 84.0 Å². The molecule has 5 rings (SSSR count). The molecule has 5 aromatic rings. The van der Waals surface area contributed by atoms with E-state index in [0.29, 0.717) is 29.1 Å². The fourth-order valence-corrected chi connectivity index (χ4v) is 4.83. The summed E-state index contributed by atoms with van der Waals surface area (Å²) < 4.78 is 52.0. The van der Waals surface area contributed by atoms with Crippen molar-refractivity contribution in [2.75, 3.05) is 0 Å². The molecule has 0 amide bonds. The molecule has 1 heterocycles. The fraction of sp³-hybridized carbons (Fsp3) is 0.171. The van der Waals surface area contributed by atoms with Gasteiger partial charge in [0.2, 0.25) is 0 Å². The van der Waals surface area contributed by atoms with Crippen molar-refractivity contribution in [3.8, 4) is 22.9 Å². The van der Waals surface area contributed by atoms with Crippen LogP contribution in [-0.4, -0.2) is 27.6 Å². The van der Waals surface area contributed by atoms with Crippen LogP contribution in [0.5, 0.6) is 11.5 Å². The number of carboxylic acid groups (broad SMARTS) is 1. The maximum absolute atomic E-state index is 12.5. The lowest BCUT2D eigenvalue weighted by Gasteiger charge is -2.15. The molecule has 0 radical (unpaired) electrons. The van der Waals surface area contributed by atoms with E-state index in [4.69, 9.17) is 4.74 Å². The zero-order valence-corrected chi connectivity index (χ0v) is 24.4. The highest BCUT2D eigenvalue weighted by Gasteiger charge is 2.31. The molecule has 1 atom stereocenters. The van der Waals surface area contributed by atoms with E-state index < -0.39 is 18.1 Å². The lowest BCUT2D eigenvalue weighted by atomic mass is 9.91. The van der Waals surface area contributed by atoms with E-state index in [-0.39, 0.29) is 23.8 Å². The second kappa shape index (κ2) is 14.5. The monoisotopic (exact) mass is 630 g/mol. The average molecular weight is 631 g/mol. The van der Waals surface area contributed by atoms with E-state index in [1.807, 2.05) is 66.7 Å². The van der Waals surface area contributed by atoms with Crippen LogP contribution in [-0.2, 0) is 19.4 Å². The lowest BCUT2D eigenvalue weighted by Crippen LogP contribution is -2.17. The summed E-state index contributed by atoms with van der Waals surface area (Å²) in [6, 6.07) is 27.5. The van der Waals surface area contributed by atoms with Crippen molar-refractivity contribution in [1.82, 2.24) is 10.1 Å². The van der Waals surface area contributed by atoms with E-state index in [9.17, 15) is 27.9 Å². The molecule has 11 heteroatoms. The minimum absolute atomic E-state index is 0.0890. The summed E-state index contributed by atoms with van der Waals surface area (Å²) >= 11 is 0. The molecule has 4 aromatic carbocycles. The number of H-pyrrole nitrogens is 1. The SMILES string of the molecule is O=C(O)c1ccc(CCC(C=Cc2ccccc2OCc2ccc(OC(F)(F)F)cc2)Cc2ccc(-c3noc(=O)[nH]3)cc2)cc1. The summed E-state index contributed by atoms with van der Waals surface area (Å²) in [5.41, 5.74) is 4.54. The molecule has 0 aliphatic heterocycles. The molecular formula is C35H29F3N2O6. The molecule has 0 fully saturated rings. The van der Waals surface area contributed by atoms with Gasteiger partial charge >= 0.3 is 18.1 Å². The molecule has 0 bridgehead atoms. The van der Waals surface area contributed by atoms with Gasteiger partial charge in [-0.25, -0.2) is 9.59 Å². The van der Waals surface area contributed by atoms with E-state index in [2.05, 4.69) is 25.5 Å². The van der Waals surface area contributed by atoms with Crippen molar-refractivity contribution in [1.29, 1.82) is 0 Å². The molecule has 236 valence electrons. The van der Waals surface area contributed by atoms with E-state index in [1.165, 1.54) is 24.3 Å². The number of halogens is 3. The normalized spacial score (nSPS) is 12.2. The van der Waals surface area contributed by atoms with Crippen LogP contribution in [0.4, 0.5) is 13.2 Å². The van der Waals surface area contributed by atoms with Crippen LogP contribution >= 0.6 is 0 Å². The number of aryl methyl sites for hydroxylation is 1. The number of hydrogen-bond donors (Lipinski definition) is 2. The molecule has 0 aliphatic carbocycles. The largest absolute Gasteiger partial charge is 0.573 e. The number of aromatic amines is 1. The van der Waals surface area contributed by atoms with Gasteiger partial charge in [-0.2, -0.15) is 0 Å². The highest BCUT2D eigenvalue weighted by Crippen LogP contribution is 2.26. The smallest absolute Gasteiger partial charge is 0.488 e. The number of aromatic carboxylic acids is 1. The first kappa shape index (κ1) is 31.8. The minimum atomic E-state index is -4.76. The van der Waals surface area contributed by atoms with Crippen LogP contribution in [0, 0.1) is 5.92 Å². The molecule has 0 aliphatic rings. The average Bonchev–Trinajstić information content (AvgIpc) is 3.48. The molecule has 46 heavy (non-hydrogen) atoms. The molecular weight excluding hydrogens is 601 g/mol. The first-order valence-corrected chi connectivity index (χ1v) is 14.3. The zero-order valence-electron chi connectivity index (χ0n) is 24.4. The first-order chi connectivity index (χ1) is 22.1. The first-order valence-electron chi connectivity index (χ1n) is 14.3. The van der Waals surface area contributed by atoms with E-state index in [1.54, 1.807) is 12.1 Å². The van der Waals surface area contributed by atoms with Gasteiger partial charge in [0.05, 0.1) is 5.56 Å². The highest BCUT2D eigenvalue weighted by molar-refractivity contribution is 5.87. The van der Waals surface area contributed by atoms with Gasteiger partial charge in [0.15, 0.2) is 5.82 Å². The molecule has 1 aromatic heterocycles. The van der Waals surface area contributed by atoms with Crippen molar-refractivity contribution in [3.63, 3.8) is 0 Å². The van der Waals surface area contributed by atoms with Crippen molar-refractivity contribution in [2.45, 2.75) is 32.2 Å². The van der Waals surface area contributed by atoms with Crippen molar-refractivity contribution in [3.05, 3.63) is 142 Å². The summed E-state index contributed by atoms with van der Waals surface area (Å²) in [5.74, 6) is -0.849. The summed E-state index contributed by atoms with van der Waals surface area (Å²) in [7, 11) is 0. The number of alkyl halides is 3. The van der Waals surface area contributed by atoms with Gasteiger partial charge in [-0.3, -0.25) is 9.51 Å². The van der Waals surface area contributed by atoms with Crippen molar-refractivity contribution < 1.29 is 37.1 Å². The maximum Gasteiger partial charge on any atom is 0.573 e. The van der Waals surface area contributed by atoms with Gasteiger partial charge in [-0.15, -0.1) is 13.2 Å². The van der Waals surface area contributed by atoms with Crippen LogP contribution in [0.2, 0.25) is 0 Å². The predicted molar refractivity (Wildman–Crippen MR) is 164 cm³/mol. The Bertz CT molecular complexity index is 1830. The summed E-state index contributed by atoms with van der Waals surface area (Å²) in [4.78, 5) is 25.1. The van der Waals surface area contributed by atoms with Crippen LogP contribution in [0.3, 0.4) is 0 Å². The standard InChI is InChI=1S/C35H29F3N2O6/c36-35(37,38)45-30-19-12-26(13-20-30)22-44-31-4-2-1-3-27(31)14-9-24(6-5-23-7-17-29(18-8-23)33(41)42)21-25-10-15-28(16-11-25)32-39-34(43)46-40-32/h1-4,7-20,24H,5-6,21-22H2,(H,41,42)(H,39,40,43). The van der Waals surface area contributed by atoms with E-state index in [0.717, 1.165) is 29.5 Å². The van der Waals surface area contributed by atoms with Crippen LogP contribution < -0.4 is 15.2 Å². The number of aromatic nitrogens is 2. The number of rotatable bonds is 13. The van der Waals surface area contributed by atoms with Gasteiger partial charge in [-0.05, 0) is 72.2 Å². The number of nitrogens with one attached hydrogen (secondary N) is 1. The Morgan fingerprint density at radius 3 is 2.24 bits per heavy atom. The third-order valence-corrected chi connectivity index (χ3v) is 7.19. The Kier molecular flexibility index (Phi) is 10.0. The number of benzene rings is 4. The van der Waals surface area contributed by atoms with Crippen LogP contribution in [0.15, 0.2) is 112 Å². The summed E-state index contributed by atoms with van der Waals surface area (Å²) in [6.45, 7) is 0.149. The third kappa shape index (κ3) is 9.21. The van der Waals surface area contributed by atoms with Crippen molar-refractivity contribution in [2.24, 2.45) is 5.92 Å². The summed E-state index contributed by atoms with van der Waals surface area (Å²) in [6.07, 6.45) is 1.54. The minimum Gasteiger partial charge on any atom is -0.488 e. The van der Waals surface area contributed by atoms with Crippen LogP contribution in [0.25, 0.3) is 17.5 Å². The Balaban J connectivity index is 1.30. The Morgan fingerprint density at radius 2 is 1.59 bits per heavy atom. The van der Waals surface area contributed by atoms with E-state index >= 15 is 0 Å². The molecule has 0 saturated heterocycles. The van der Waals surface area contributed by atoms with Gasteiger partial charge in [0, 0.05) is 11.1 Å². The van der Waals surface area contributed by atoms with Crippen molar-refractivity contribution >= 4 is 12.0 Å². The third-order valence-electron chi connectivity index (χ3n) is 7.19. The molecule has 2 N–H and O–H groups in total. The number of para-hydroxylation sites is 1. The molecule has 0 saturated carbocycles. The fourth-order valence-electron chi connectivity index (χ4n) is 4.83. The predicted octanol–water partition coefficient (Wildman–Crippen LogP) is 7.71. The Labute approximate surface area is 261 Å². The second-order valence-electron chi connectivity index (χ2n) is 10.5. The maximum atomic E-state index is 12.5. The van der Waals surface area contributed by atoms with Gasteiger partial charge in [0.1, 0.15) is 18.1 Å². The molecule has 1 unspecified atom stereocenters. The summed E-state index contributed by atoms with van der Waals surface area (Å²) in [5, 5.41) is 12.9. The highest BCUT2D eigenvalue weighted by atomic mass is 19.4. The van der Waals surface area contributed by atoms with Crippen LogP contribution in [0.1, 0.15) is 39.0 Å². The zero-order chi connectivity index (χ0) is 32.5. The van der Waals surface area contributed by atoms with Gasteiger partial charge in [0.25, 0.3) is 0 Å².